The van der Waals surface area contributed by atoms with Crippen molar-refractivity contribution in [1.29, 1.82) is 0 Å². The molecule has 1 aromatic carbocycles. The first-order valence-corrected chi connectivity index (χ1v) is 6.34. The molecular formula is C14H20N2O3. The molecule has 0 saturated heterocycles. The molecule has 5 heteroatoms. The van der Waals surface area contributed by atoms with Crippen LogP contribution >= 0.6 is 0 Å². The van der Waals surface area contributed by atoms with E-state index >= 15 is 0 Å². The second kappa shape index (κ2) is 5.48. The number of nitrogens with zero attached hydrogens (tertiary/aromatic N) is 1. The van der Waals surface area contributed by atoms with Crippen molar-refractivity contribution >= 4 is 5.91 Å². The van der Waals surface area contributed by atoms with E-state index in [0.29, 0.717) is 12.4 Å². The van der Waals surface area contributed by atoms with Gasteiger partial charge in [0.1, 0.15) is 18.1 Å². The van der Waals surface area contributed by atoms with Gasteiger partial charge in [-0.1, -0.05) is 0 Å². The van der Waals surface area contributed by atoms with E-state index in [9.17, 15) is 4.79 Å². The summed E-state index contributed by atoms with van der Waals surface area (Å²) in [5.41, 5.74) is 1.13. The molecule has 0 saturated carbocycles. The minimum Gasteiger partial charge on any atom is -0.491 e. The van der Waals surface area contributed by atoms with Crippen LogP contribution in [0.1, 0.15) is 18.5 Å². The number of carbonyl (C=O) groups excluding carboxylic acids is 1. The van der Waals surface area contributed by atoms with E-state index in [4.69, 9.17) is 9.47 Å². The predicted octanol–water partition coefficient (Wildman–Crippen LogP) is 1.19. The first-order chi connectivity index (χ1) is 9.02. The van der Waals surface area contributed by atoms with Gasteiger partial charge < -0.3 is 19.7 Å². The molecule has 5 nitrogen and oxygen atoms in total. The molecule has 0 aromatic heterocycles. The average molecular weight is 264 g/mol. The zero-order valence-electron chi connectivity index (χ0n) is 11.8. The highest BCUT2D eigenvalue weighted by molar-refractivity contribution is 5.80. The third-order valence-electron chi connectivity index (χ3n) is 3.22. The Hall–Kier alpha value is -1.75. The molecule has 1 aliphatic rings. The van der Waals surface area contributed by atoms with Crippen molar-refractivity contribution in [3.8, 4) is 11.5 Å². The number of likely N-dealkylation sites (N-methyl/N-ethyl adjacent to an activating group) is 2. The van der Waals surface area contributed by atoms with Crippen LogP contribution < -0.4 is 14.8 Å². The Kier molecular flexibility index (Phi) is 3.95. The normalized spacial score (nSPS) is 18.4. The first-order valence-electron chi connectivity index (χ1n) is 6.34. The zero-order valence-corrected chi connectivity index (χ0v) is 11.8. The summed E-state index contributed by atoms with van der Waals surface area (Å²) in [7, 11) is 5.34. The molecule has 0 fully saturated rings. The summed E-state index contributed by atoms with van der Waals surface area (Å²) in [6, 6.07) is 5.92. The van der Waals surface area contributed by atoms with Crippen molar-refractivity contribution < 1.29 is 14.3 Å². The molecule has 0 aliphatic carbocycles. The smallest absolute Gasteiger partial charge is 0.262 e. The van der Waals surface area contributed by atoms with Crippen LogP contribution in [0.2, 0.25) is 0 Å². The Morgan fingerprint density at radius 3 is 2.89 bits per heavy atom. The highest BCUT2D eigenvalue weighted by Crippen LogP contribution is 2.35. The standard InChI is InChI=1S/C14H20N2O3/c1-9(14(17)16(3)4)19-10-5-6-11-12(15-2)8-18-13(11)7-10/h5-7,9,12,15H,8H2,1-4H3. The summed E-state index contributed by atoms with van der Waals surface area (Å²) < 4.78 is 11.2. The van der Waals surface area contributed by atoms with Gasteiger partial charge in [-0.25, -0.2) is 0 Å². The third-order valence-corrected chi connectivity index (χ3v) is 3.22. The van der Waals surface area contributed by atoms with Crippen LogP contribution in [0.25, 0.3) is 0 Å². The van der Waals surface area contributed by atoms with Gasteiger partial charge in [-0.3, -0.25) is 4.79 Å². The predicted molar refractivity (Wildman–Crippen MR) is 72.5 cm³/mol. The molecule has 2 rings (SSSR count). The number of benzene rings is 1. The second-order valence-electron chi connectivity index (χ2n) is 4.84. The Morgan fingerprint density at radius 2 is 2.26 bits per heavy atom. The number of rotatable bonds is 4. The number of carbonyl (C=O) groups is 1. The molecule has 2 unspecified atom stereocenters. The van der Waals surface area contributed by atoms with Gasteiger partial charge in [0, 0.05) is 25.7 Å². The Balaban J connectivity index is 2.09. The highest BCUT2D eigenvalue weighted by Gasteiger charge is 2.24. The fraction of sp³-hybridized carbons (Fsp3) is 0.500. The quantitative estimate of drug-likeness (QED) is 0.887. The Bertz CT molecular complexity index is 474. The number of hydrogen-bond acceptors (Lipinski definition) is 4. The summed E-state index contributed by atoms with van der Waals surface area (Å²) >= 11 is 0. The van der Waals surface area contributed by atoms with Crippen LogP contribution in [0.4, 0.5) is 0 Å². The SMILES string of the molecule is CNC1COc2cc(OC(C)C(=O)N(C)C)ccc21. The lowest BCUT2D eigenvalue weighted by atomic mass is 10.1. The topological polar surface area (TPSA) is 50.8 Å². The summed E-state index contributed by atoms with van der Waals surface area (Å²) in [5, 5.41) is 3.19. The van der Waals surface area contributed by atoms with Crippen molar-refractivity contribution in [2.45, 2.75) is 19.1 Å². The van der Waals surface area contributed by atoms with Crippen molar-refractivity contribution in [3.63, 3.8) is 0 Å². The van der Waals surface area contributed by atoms with Gasteiger partial charge >= 0.3 is 0 Å². The fourth-order valence-corrected chi connectivity index (χ4v) is 2.12. The van der Waals surface area contributed by atoms with Gasteiger partial charge in [-0.15, -0.1) is 0 Å². The Labute approximate surface area is 113 Å². The van der Waals surface area contributed by atoms with Crippen molar-refractivity contribution in [2.75, 3.05) is 27.7 Å². The lowest BCUT2D eigenvalue weighted by Crippen LogP contribution is -2.35. The summed E-state index contributed by atoms with van der Waals surface area (Å²) in [4.78, 5) is 13.3. The number of ether oxygens (including phenoxy) is 2. The maximum absolute atomic E-state index is 11.7. The van der Waals surface area contributed by atoms with Crippen LogP contribution in [0, 0.1) is 0 Å². The van der Waals surface area contributed by atoms with E-state index in [1.54, 1.807) is 21.0 Å². The van der Waals surface area contributed by atoms with Crippen LogP contribution in [-0.2, 0) is 4.79 Å². The van der Waals surface area contributed by atoms with Gasteiger partial charge in [-0.05, 0) is 26.1 Å². The van der Waals surface area contributed by atoms with Crippen LogP contribution in [0.3, 0.4) is 0 Å². The maximum atomic E-state index is 11.7. The van der Waals surface area contributed by atoms with E-state index in [1.165, 1.54) is 4.90 Å². The first kappa shape index (κ1) is 13.7. The third kappa shape index (κ3) is 2.81. The minimum atomic E-state index is -0.505. The molecule has 0 spiro atoms. The van der Waals surface area contributed by atoms with Gasteiger partial charge in [0.25, 0.3) is 5.91 Å². The van der Waals surface area contributed by atoms with Crippen LogP contribution in [-0.4, -0.2) is 44.7 Å². The van der Waals surface area contributed by atoms with Gasteiger partial charge in [0.2, 0.25) is 0 Å². The zero-order chi connectivity index (χ0) is 14.0. The van der Waals surface area contributed by atoms with E-state index in [-0.39, 0.29) is 11.9 Å². The number of hydrogen-bond donors (Lipinski definition) is 1. The maximum Gasteiger partial charge on any atom is 0.262 e. The fourth-order valence-electron chi connectivity index (χ4n) is 2.12. The molecule has 0 bridgehead atoms. The molecule has 104 valence electrons. The second-order valence-corrected chi connectivity index (χ2v) is 4.84. The number of fused-ring (bicyclic) bond motifs is 1. The summed E-state index contributed by atoms with van der Waals surface area (Å²) in [6.07, 6.45) is -0.505. The monoisotopic (exact) mass is 264 g/mol. The van der Waals surface area contributed by atoms with E-state index in [0.717, 1.165) is 11.3 Å². The number of amides is 1. The molecule has 1 aromatic rings. The lowest BCUT2D eigenvalue weighted by Gasteiger charge is -2.18. The molecule has 1 aliphatic heterocycles. The molecule has 2 atom stereocenters. The molecule has 1 amide bonds. The summed E-state index contributed by atoms with van der Waals surface area (Å²) in [5.74, 6) is 1.41. The van der Waals surface area contributed by atoms with Crippen molar-refractivity contribution in [2.24, 2.45) is 0 Å². The average Bonchev–Trinajstić information content (AvgIpc) is 2.79. The Morgan fingerprint density at radius 1 is 1.53 bits per heavy atom. The van der Waals surface area contributed by atoms with E-state index in [2.05, 4.69) is 5.32 Å². The highest BCUT2D eigenvalue weighted by atomic mass is 16.5. The van der Waals surface area contributed by atoms with Gasteiger partial charge in [0.05, 0.1) is 6.04 Å². The van der Waals surface area contributed by atoms with E-state index in [1.807, 2.05) is 25.2 Å². The summed E-state index contributed by atoms with van der Waals surface area (Å²) in [6.45, 7) is 2.37. The molecular weight excluding hydrogens is 244 g/mol. The molecule has 19 heavy (non-hydrogen) atoms. The van der Waals surface area contributed by atoms with Gasteiger partial charge in [-0.2, -0.15) is 0 Å². The van der Waals surface area contributed by atoms with Crippen molar-refractivity contribution in [3.05, 3.63) is 23.8 Å². The van der Waals surface area contributed by atoms with Crippen molar-refractivity contribution in [1.82, 2.24) is 10.2 Å². The largest absolute Gasteiger partial charge is 0.491 e. The molecule has 1 N–H and O–H groups in total. The lowest BCUT2D eigenvalue weighted by molar-refractivity contribution is -0.135. The van der Waals surface area contributed by atoms with Gasteiger partial charge in [0.15, 0.2) is 6.10 Å². The van der Waals surface area contributed by atoms with Crippen LogP contribution in [0.5, 0.6) is 11.5 Å². The van der Waals surface area contributed by atoms with Crippen LogP contribution in [0.15, 0.2) is 18.2 Å². The molecule has 0 radical (unpaired) electrons. The number of nitrogens with one attached hydrogen (secondary N) is 1. The van der Waals surface area contributed by atoms with E-state index < -0.39 is 6.10 Å². The molecule has 1 heterocycles. The minimum absolute atomic E-state index is 0.0606.